The Labute approximate surface area is 73.3 Å². The van der Waals surface area contributed by atoms with Crippen LogP contribution >= 0.6 is 0 Å². The van der Waals surface area contributed by atoms with E-state index >= 15 is 0 Å². The Bertz CT molecular complexity index is 206. The van der Waals surface area contributed by atoms with Gasteiger partial charge >= 0.3 is 5.97 Å². The zero-order chi connectivity index (χ0) is 9.14. The number of carboxylic acids is 1. The maximum atomic E-state index is 10.5. The molecule has 2 heteroatoms. The molecule has 0 heterocycles. The van der Waals surface area contributed by atoms with Crippen LogP contribution in [-0.2, 0) is 4.79 Å². The van der Waals surface area contributed by atoms with E-state index in [-0.39, 0.29) is 0 Å². The van der Waals surface area contributed by atoms with Crippen molar-refractivity contribution in [3.63, 3.8) is 0 Å². The van der Waals surface area contributed by atoms with E-state index in [1.165, 1.54) is 5.57 Å². The van der Waals surface area contributed by atoms with Crippen molar-refractivity contribution in [2.24, 2.45) is 11.8 Å². The Morgan fingerprint density at radius 2 is 2.42 bits per heavy atom. The van der Waals surface area contributed by atoms with Crippen molar-refractivity contribution in [1.82, 2.24) is 0 Å². The lowest BCUT2D eigenvalue weighted by Crippen LogP contribution is -2.18. The highest BCUT2D eigenvalue weighted by molar-refractivity contribution is 5.67. The van der Waals surface area contributed by atoms with Gasteiger partial charge in [0.05, 0.1) is 0 Å². The van der Waals surface area contributed by atoms with Crippen LogP contribution in [0.3, 0.4) is 0 Å². The Morgan fingerprint density at radius 3 is 2.92 bits per heavy atom. The maximum Gasteiger partial charge on any atom is 0.303 e. The molecule has 0 fully saturated rings. The van der Waals surface area contributed by atoms with E-state index in [4.69, 9.17) is 5.11 Å². The van der Waals surface area contributed by atoms with E-state index in [1.54, 1.807) is 0 Å². The molecule has 0 aliphatic heterocycles. The lowest BCUT2D eigenvalue weighted by molar-refractivity contribution is -0.138. The Kier molecular flexibility index (Phi) is 2.90. The van der Waals surface area contributed by atoms with E-state index in [0.717, 1.165) is 12.8 Å². The quantitative estimate of drug-likeness (QED) is 0.643. The average molecular weight is 168 g/mol. The van der Waals surface area contributed by atoms with Gasteiger partial charge in [0.2, 0.25) is 0 Å². The van der Waals surface area contributed by atoms with Crippen LogP contribution in [0.15, 0.2) is 11.6 Å². The highest BCUT2D eigenvalue weighted by Gasteiger charge is 2.22. The molecule has 0 saturated carbocycles. The first-order valence-electron chi connectivity index (χ1n) is 4.47. The summed E-state index contributed by atoms with van der Waals surface area (Å²) in [6, 6.07) is 0. The second-order valence-electron chi connectivity index (χ2n) is 3.83. The molecule has 1 N–H and O–H groups in total. The smallest absolute Gasteiger partial charge is 0.303 e. The van der Waals surface area contributed by atoms with Crippen LogP contribution in [0.1, 0.15) is 33.1 Å². The van der Waals surface area contributed by atoms with Gasteiger partial charge in [0.15, 0.2) is 0 Å². The third-order valence-corrected chi connectivity index (χ3v) is 2.65. The number of carbonyl (C=O) groups is 1. The fraction of sp³-hybridized carbons (Fsp3) is 0.700. The molecule has 2 atom stereocenters. The van der Waals surface area contributed by atoms with Gasteiger partial charge in [-0.1, -0.05) is 18.6 Å². The molecule has 0 aromatic heterocycles. The Balaban J connectivity index is 2.51. The highest BCUT2D eigenvalue weighted by Crippen LogP contribution is 2.31. The molecule has 0 radical (unpaired) electrons. The van der Waals surface area contributed by atoms with Crippen LogP contribution in [0.5, 0.6) is 0 Å². The summed E-state index contributed by atoms with van der Waals surface area (Å²) in [4.78, 5) is 10.5. The lowest BCUT2D eigenvalue weighted by Gasteiger charge is -2.26. The Morgan fingerprint density at radius 1 is 1.75 bits per heavy atom. The van der Waals surface area contributed by atoms with Gasteiger partial charge < -0.3 is 5.11 Å². The highest BCUT2D eigenvalue weighted by atomic mass is 16.4. The molecule has 0 saturated heterocycles. The van der Waals surface area contributed by atoms with Crippen LogP contribution in [0, 0.1) is 11.8 Å². The van der Waals surface area contributed by atoms with Crippen LogP contribution in [-0.4, -0.2) is 11.1 Å². The summed E-state index contributed by atoms with van der Waals surface area (Å²) in [6.07, 6.45) is 4.51. The molecule has 12 heavy (non-hydrogen) atoms. The molecule has 1 aliphatic rings. The second kappa shape index (κ2) is 3.74. The molecule has 2 unspecified atom stereocenters. The number of carboxylic acid groups (broad SMARTS) is 1. The van der Waals surface area contributed by atoms with E-state index in [1.807, 2.05) is 0 Å². The average Bonchev–Trinajstić information content (AvgIpc) is 1.94. The topological polar surface area (TPSA) is 37.3 Å². The molecule has 68 valence electrons. The summed E-state index contributed by atoms with van der Waals surface area (Å²) in [5, 5.41) is 8.63. The SMILES string of the molecule is CC1=CCC(CC(=O)O)C(C)C1. The van der Waals surface area contributed by atoms with Gasteiger partial charge in [0, 0.05) is 6.42 Å². The van der Waals surface area contributed by atoms with E-state index in [0.29, 0.717) is 18.3 Å². The molecule has 0 spiro atoms. The number of allylic oxidation sites excluding steroid dienone is 2. The van der Waals surface area contributed by atoms with Gasteiger partial charge in [0.25, 0.3) is 0 Å². The third-order valence-electron chi connectivity index (χ3n) is 2.65. The van der Waals surface area contributed by atoms with Crippen LogP contribution in [0.25, 0.3) is 0 Å². The monoisotopic (exact) mass is 168 g/mol. The number of rotatable bonds is 2. The molecule has 2 nitrogen and oxygen atoms in total. The molecule has 0 aromatic carbocycles. The molecule has 1 rings (SSSR count). The number of hydrogen-bond acceptors (Lipinski definition) is 1. The predicted molar refractivity (Wildman–Crippen MR) is 47.9 cm³/mol. The molecule has 0 amide bonds. The lowest BCUT2D eigenvalue weighted by atomic mass is 9.79. The van der Waals surface area contributed by atoms with Crippen LogP contribution in [0.2, 0.25) is 0 Å². The third kappa shape index (κ3) is 2.36. The molecular weight excluding hydrogens is 152 g/mol. The summed E-state index contributed by atoms with van der Waals surface area (Å²) in [7, 11) is 0. The summed E-state index contributed by atoms with van der Waals surface area (Å²) in [6.45, 7) is 4.26. The predicted octanol–water partition coefficient (Wildman–Crippen LogP) is 2.45. The Hall–Kier alpha value is -0.790. The largest absolute Gasteiger partial charge is 0.481 e. The summed E-state index contributed by atoms with van der Waals surface area (Å²) in [5.41, 5.74) is 1.41. The summed E-state index contributed by atoms with van der Waals surface area (Å²) in [5.74, 6) is 0.220. The van der Waals surface area contributed by atoms with Gasteiger partial charge in [-0.25, -0.2) is 0 Å². The number of aliphatic carboxylic acids is 1. The van der Waals surface area contributed by atoms with Crippen molar-refractivity contribution < 1.29 is 9.90 Å². The fourth-order valence-corrected chi connectivity index (χ4v) is 1.85. The van der Waals surface area contributed by atoms with Crippen molar-refractivity contribution in [2.45, 2.75) is 33.1 Å². The van der Waals surface area contributed by atoms with Gasteiger partial charge in [-0.3, -0.25) is 4.79 Å². The minimum atomic E-state index is -0.667. The van der Waals surface area contributed by atoms with Crippen molar-refractivity contribution >= 4 is 5.97 Å². The van der Waals surface area contributed by atoms with E-state index < -0.39 is 5.97 Å². The first-order chi connectivity index (χ1) is 5.59. The van der Waals surface area contributed by atoms with Crippen molar-refractivity contribution in [3.8, 4) is 0 Å². The molecule has 0 aromatic rings. The van der Waals surface area contributed by atoms with E-state index in [9.17, 15) is 4.79 Å². The molecule has 1 aliphatic carbocycles. The summed E-state index contributed by atoms with van der Waals surface area (Å²) < 4.78 is 0. The van der Waals surface area contributed by atoms with Crippen molar-refractivity contribution in [3.05, 3.63) is 11.6 Å². The zero-order valence-electron chi connectivity index (χ0n) is 7.71. The summed E-state index contributed by atoms with van der Waals surface area (Å²) >= 11 is 0. The first kappa shape index (κ1) is 9.30. The van der Waals surface area contributed by atoms with Gasteiger partial charge in [0.1, 0.15) is 0 Å². The van der Waals surface area contributed by atoms with Crippen molar-refractivity contribution in [2.75, 3.05) is 0 Å². The van der Waals surface area contributed by atoms with Crippen LogP contribution < -0.4 is 0 Å². The minimum absolute atomic E-state index is 0.324. The normalized spacial score (nSPS) is 29.7. The standard InChI is InChI=1S/C10H16O2/c1-7-3-4-9(6-10(11)12)8(2)5-7/h3,8-9H,4-6H2,1-2H3,(H,11,12). The van der Waals surface area contributed by atoms with E-state index in [2.05, 4.69) is 19.9 Å². The van der Waals surface area contributed by atoms with Gasteiger partial charge in [-0.15, -0.1) is 0 Å². The minimum Gasteiger partial charge on any atom is -0.481 e. The number of hydrogen-bond donors (Lipinski definition) is 1. The first-order valence-corrected chi connectivity index (χ1v) is 4.47. The molecular formula is C10H16O2. The zero-order valence-corrected chi connectivity index (χ0v) is 7.71. The fourth-order valence-electron chi connectivity index (χ4n) is 1.85. The van der Waals surface area contributed by atoms with Crippen LogP contribution in [0.4, 0.5) is 0 Å². The maximum absolute atomic E-state index is 10.5. The van der Waals surface area contributed by atoms with Crippen molar-refractivity contribution in [1.29, 1.82) is 0 Å². The molecule has 0 bridgehead atoms. The van der Waals surface area contributed by atoms with Gasteiger partial charge in [-0.05, 0) is 31.6 Å². The second-order valence-corrected chi connectivity index (χ2v) is 3.83. The van der Waals surface area contributed by atoms with Gasteiger partial charge in [-0.2, -0.15) is 0 Å².